The number of rotatable bonds is 12. The van der Waals surface area contributed by atoms with Crippen LogP contribution < -0.4 is 5.32 Å². The Kier molecular flexibility index (Phi) is 12.5. The lowest BCUT2D eigenvalue weighted by Crippen LogP contribution is -2.53. The van der Waals surface area contributed by atoms with Gasteiger partial charge in [0.05, 0.1) is 13.2 Å². The zero-order valence-corrected chi connectivity index (χ0v) is 18.5. The van der Waals surface area contributed by atoms with Gasteiger partial charge in [0, 0.05) is 13.7 Å². The van der Waals surface area contributed by atoms with Crippen LogP contribution in [-0.4, -0.2) is 67.4 Å². The first kappa shape index (κ1) is 26.2. The van der Waals surface area contributed by atoms with Gasteiger partial charge in [-0.05, 0) is 40.5 Å². The molecule has 0 aromatic rings. The first-order chi connectivity index (χ1) is 13.0. The number of carbonyl (C=O) groups excluding carboxylic acids is 3. The first-order valence-electron chi connectivity index (χ1n) is 10.0. The van der Waals surface area contributed by atoms with E-state index in [1.165, 1.54) is 11.9 Å². The number of hydrogen-bond donors (Lipinski definition) is 1. The number of ether oxygens (including phenoxy) is 3. The van der Waals surface area contributed by atoms with Gasteiger partial charge in [0.1, 0.15) is 11.6 Å². The second-order valence-electron chi connectivity index (χ2n) is 7.78. The van der Waals surface area contributed by atoms with Crippen LogP contribution in [0.4, 0.5) is 4.79 Å². The van der Waals surface area contributed by atoms with Crippen LogP contribution in [0.15, 0.2) is 0 Å². The van der Waals surface area contributed by atoms with Crippen molar-refractivity contribution in [3.8, 4) is 0 Å². The molecule has 0 unspecified atom stereocenters. The van der Waals surface area contributed by atoms with E-state index in [2.05, 4.69) is 5.32 Å². The SMILES string of the molecule is CCCCOC[C@H](NC(=O)[C@H](C)N(C)C(=O)OC(C)(C)C)C(=O)OCCCC. The van der Waals surface area contributed by atoms with Gasteiger partial charge >= 0.3 is 12.1 Å². The second kappa shape index (κ2) is 13.4. The molecule has 0 aromatic carbocycles. The Morgan fingerprint density at radius 3 is 2.14 bits per heavy atom. The molecule has 2 atom stereocenters. The van der Waals surface area contributed by atoms with Crippen molar-refractivity contribution in [1.82, 2.24) is 10.2 Å². The highest BCUT2D eigenvalue weighted by Gasteiger charge is 2.30. The Balaban J connectivity index is 4.88. The van der Waals surface area contributed by atoms with Crippen LogP contribution in [0.5, 0.6) is 0 Å². The van der Waals surface area contributed by atoms with Gasteiger partial charge in [0.2, 0.25) is 5.91 Å². The third-order valence-corrected chi connectivity index (χ3v) is 3.91. The predicted octanol–water partition coefficient (Wildman–Crippen LogP) is 2.89. The van der Waals surface area contributed by atoms with Gasteiger partial charge in [0.25, 0.3) is 0 Å². The van der Waals surface area contributed by atoms with Crippen LogP contribution in [0.2, 0.25) is 0 Å². The zero-order chi connectivity index (χ0) is 21.7. The number of amides is 2. The molecule has 2 amide bonds. The fourth-order valence-corrected chi connectivity index (χ4v) is 1.99. The lowest BCUT2D eigenvalue weighted by molar-refractivity contribution is -0.150. The molecule has 8 nitrogen and oxygen atoms in total. The summed E-state index contributed by atoms with van der Waals surface area (Å²) in [6.45, 7) is 11.7. The first-order valence-corrected chi connectivity index (χ1v) is 10.0. The molecule has 28 heavy (non-hydrogen) atoms. The summed E-state index contributed by atoms with van der Waals surface area (Å²) in [6.07, 6.45) is 2.87. The van der Waals surface area contributed by atoms with E-state index in [0.29, 0.717) is 13.2 Å². The highest BCUT2D eigenvalue weighted by molar-refractivity contribution is 5.89. The maximum Gasteiger partial charge on any atom is 0.410 e. The molecule has 0 radical (unpaired) electrons. The van der Waals surface area contributed by atoms with Gasteiger partial charge < -0.3 is 19.5 Å². The van der Waals surface area contributed by atoms with Crippen LogP contribution in [-0.2, 0) is 23.8 Å². The van der Waals surface area contributed by atoms with E-state index in [0.717, 1.165) is 25.7 Å². The number of esters is 1. The van der Waals surface area contributed by atoms with E-state index < -0.39 is 35.7 Å². The molecule has 0 aromatic heterocycles. The zero-order valence-electron chi connectivity index (χ0n) is 18.5. The molecule has 0 rings (SSSR count). The summed E-state index contributed by atoms with van der Waals surface area (Å²) in [5.74, 6) is -1.02. The summed E-state index contributed by atoms with van der Waals surface area (Å²) in [7, 11) is 1.48. The Labute approximate surface area is 169 Å². The lowest BCUT2D eigenvalue weighted by Gasteiger charge is -2.29. The number of nitrogens with zero attached hydrogens (tertiary/aromatic N) is 1. The number of unbranched alkanes of at least 4 members (excludes halogenated alkanes) is 2. The van der Waals surface area contributed by atoms with E-state index in [1.807, 2.05) is 13.8 Å². The minimum absolute atomic E-state index is 0.0274. The van der Waals surface area contributed by atoms with Gasteiger partial charge in [0.15, 0.2) is 6.04 Å². The quantitative estimate of drug-likeness (QED) is 0.398. The maximum absolute atomic E-state index is 12.6. The molecular formula is C20H38N2O6. The Bertz CT molecular complexity index is 490. The summed E-state index contributed by atoms with van der Waals surface area (Å²) in [4.78, 5) is 38.2. The van der Waals surface area contributed by atoms with Crippen molar-refractivity contribution < 1.29 is 28.6 Å². The largest absolute Gasteiger partial charge is 0.464 e. The number of hydrogen-bond acceptors (Lipinski definition) is 6. The summed E-state index contributed by atoms with van der Waals surface area (Å²) >= 11 is 0. The smallest absolute Gasteiger partial charge is 0.410 e. The molecule has 0 aliphatic heterocycles. The summed E-state index contributed by atoms with van der Waals surface area (Å²) < 4.78 is 16.0. The van der Waals surface area contributed by atoms with Crippen molar-refractivity contribution >= 4 is 18.0 Å². The van der Waals surface area contributed by atoms with Crippen molar-refractivity contribution in [2.24, 2.45) is 0 Å². The Morgan fingerprint density at radius 1 is 1.04 bits per heavy atom. The van der Waals surface area contributed by atoms with Crippen LogP contribution >= 0.6 is 0 Å². The fourth-order valence-electron chi connectivity index (χ4n) is 1.99. The monoisotopic (exact) mass is 402 g/mol. The summed E-state index contributed by atoms with van der Waals surface area (Å²) in [5, 5.41) is 2.63. The number of likely N-dealkylation sites (N-methyl/N-ethyl adjacent to an activating group) is 1. The fraction of sp³-hybridized carbons (Fsp3) is 0.850. The molecule has 0 aliphatic carbocycles. The van der Waals surface area contributed by atoms with E-state index in [4.69, 9.17) is 14.2 Å². The third-order valence-electron chi connectivity index (χ3n) is 3.91. The maximum atomic E-state index is 12.6. The van der Waals surface area contributed by atoms with Crippen LogP contribution in [0, 0.1) is 0 Å². The predicted molar refractivity (Wildman–Crippen MR) is 107 cm³/mol. The average molecular weight is 403 g/mol. The minimum Gasteiger partial charge on any atom is -0.464 e. The van der Waals surface area contributed by atoms with Crippen molar-refractivity contribution in [3.05, 3.63) is 0 Å². The highest BCUT2D eigenvalue weighted by atomic mass is 16.6. The van der Waals surface area contributed by atoms with Crippen LogP contribution in [0.1, 0.15) is 67.2 Å². The molecule has 0 saturated heterocycles. The van der Waals surface area contributed by atoms with Gasteiger partial charge in [-0.1, -0.05) is 26.7 Å². The minimum atomic E-state index is -0.921. The van der Waals surface area contributed by atoms with Crippen molar-refractivity contribution in [3.63, 3.8) is 0 Å². The standard InChI is InChI=1S/C20H38N2O6/c1-8-10-12-26-14-16(18(24)27-13-11-9-2)21-17(23)15(3)22(7)19(25)28-20(4,5)6/h15-16H,8-14H2,1-7H3,(H,21,23)/t15-,16-/m0/s1. The molecule has 0 saturated carbocycles. The van der Waals surface area contributed by atoms with Crippen molar-refractivity contribution in [2.45, 2.75) is 84.9 Å². The second-order valence-corrected chi connectivity index (χ2v) is 7.78. The van der Waals surface area contributed by atoms with Crippen molar-refractivity contribution in [2.75, 3.05) is 26.9 Å². The van der Waals surface area contributed by atoms with Gasteiger partial charge in [-0.2, -0.15) is 0 Å². The number of nitrogens with one attached hydrogen (secondary N) is 1. The van der Waals surface area contributed by atoms with Gasteiger partial charge in [-0.15, -0.1) is 0 Å². The van der Waals surface area contributed by atoms with Gasteiger partial charge in [-0.3, -0.25) is 9.69 Å². The molecular weight excluding hydrogens is 364 g/mol. The summed E-state index contributed by atoms with van der Waals surface area (Å²) in [5.41, 5.74) is -0.666. The number of carbonyl (C=O) groups is 3. The normalized spacial score (nSPS) is 13.4. The highest BCUT2D eigenvalue weighted by Crippen LogP contribution is 2.11. The topological polar surface area (TPSA) is 94.2 Å². The Hall–Kier alpha value is -1.83. The van der Waals surface area contributed by atoms with Crippen LogP contribution in [0.3, 0.4) is 0 Å². The van der Waals surface area contributed by atoms with Crippen LogP contribution in [0.25, 0.3) is 0 Å². The van der Waals surface area contributed by atoms with E-state index in [9.17, 15) is 14.4 Å². The molecule has 0 heterocycles. The van der Waals surface area contributed by atoms with E-state index in [-0.39, 0.29) is 6.61 Å². The van der Waals surface area contributed by atoms with E-state index in [1.54, 1.807) is 27.7 Å². The summed E-state index contributed by atoms with van der Waals surface area (Å²) in [6, 6.07) is -1.74. The molecule has 164 valence electrons. The molecule has 1 N–H and O–H groups in total. The average Bonchev–Trinajstić information content (AvgIpc) is 2.61. The third kappa shape index (κ3) is 11.1. The molecule has 0 bridgehead atoms. The lowest BCUT2D eigenvalue weighted by atomic mass is 10.2. The molecule has 0 aliphatic rings. The molecule has 8 heteroatoms. The molecule has 0 fully saturated rings. The van der Waals surface area contributed by atoms with E-state index >= 15 is 0 Å². The Morgan fingerprint density at radius 2 is 1.61 bits per heavy atom. The molecule has 0 spiro atoms. The van der Waals surface area contributed by atoms with Crippen molar-refractivity contribution in [1.29, 1.82) is 0 Å². The van der Waals surface area contributed by atoms with Gasteiger partial charge in [-0.25, -0.2) is 9.59 Å².